The van der Waals surface area contributed by atoms with Crippen LogP contribution in [0.15, 0.2) is 18.2 Å². The van der Waals surface area contributed by atoms with E-state index in [1.54, 1.807) is 4.90 Å². The molecule has 1 N–H and O–H groups in total. The van der Waals surface area contributed by atoms with Gasteiger partial charge < -0.3 is 14.9 Å². The lowest BCUT2D eigenvalue weighted by Crippen LogP contribution is -2.41. The largest absolute Gasteiger partial charge is 0.481 e. The van der Waals surface area contributed by atoms with Crippen molar-refractivity contribution in [1.29, 1.82) is 0 Å². The lowest BCUT2D eigenvalue weighted by atomic mass is 9.83. The van der Waals surface area contributed by atoms with Crippen molar-refractivity contribution in [1.82, 2.24) is 9.80 Å². The lowest BCUT2D eigenvalue weighted by Gasteiger charge is -2.33. The van der Waals surface area contributed by atoms with Crippen LogP contribution in [-0.2, 0) is 22.4 Å². The second-order valence-corrected chi connectivity index (χ2v) is 9.00. The van der Waals surface area contributed by atoms with E-state index in [-0.39, 0.29) is 43.4 Å². The van der Waals surface area contributed by atoms with Gasteiger partial charge in [0.25, 0.3) is 5.91 Å². The van der Waals surface area contributed by atoms with Crippen molar-refractivity contribution in [2.24, 2.45) is 5.92 Å². The van der Waals surface area contributed by atoms with Crippen molar-refractivity contribution in [3.63, 3.8) is 0 Å². The highest BCUT2D eigenvalue weighted by molar-refractivity contribution is 6.19. The molecule has 0 bridgehead atoms. The number of amides is 3. The first-order valence-corrected chi connectivity index (χ1v) is 11.1. The van der Waals surface area contributed by atoms with Crippen LogP contribution in [0.2, 0.25) is 0 Å². The Bertz CT molecular complexity index is 838. The molecule has 0 atom stereocenters. The maximum absolute atomic E-state index is 13.1. The number of carboxylic acids is 1. The molecule has 0 spiro atoms. The van der Waals surface area contributed by atoms with Crippen LogP contribution >= 0.6 is 12.4 Å². The molecule has 1 aromatic carbocycles. The number of carboxylic acid groups (broad SMARTS) is 1. The van der Waals surface area contributed by atoms with E-state index in [0.717, 1.165) is 51.6 Å². The number of anilines is 1. The summed E-state index contributed by atoms with van der Waals surface area (Å²) in [6, 6.07) is 5.87. The SMILES string of the molecule is CN1CCc2ccc(N3C(=O)CN([C@H]4CC[C@H](CCC(=O)O)CC4)C3=O)cc2CC1.Cl. The zero-order valence-electron chi connectivity index (χ0n) is 18.1. The van der Waals surface area contributed by atoms with Crippen molar-refractivity contribution in [2.45, 2.75) is 57.4 Å². The van der Waals surface area contributed by atoms with Gasteiger partial charge in [-0.3, -0.25) is 9.59 Å². The highest BCUT2D eigenvalue weighted by Gasteiger charge is 2.41. The molecule has 3 aliphatic rings. The normalized spacial score (nSPS) is 24.5. The number of carbonyl (C=O) groups excluding carboxylic acids is 2. The zero-order chi connectivity index (χ0) is 21.3. The Morgan fingerprint density at radius 3 is 2.42 bits per heavy atom. The van der Waals surface area contributed by atoms with E-state index in [1.807, 2.05) is 12.1 Å². The molecule has 31 heavy (non-hydrogen) atoms. The van der Waals surface area contributed by atoms with E-state index < -0.39 is 5.97 Å². The number of urea groups is 1. The first-order valence-electron chi connectivity index (χ1n) is 11.1. The van der Waals surface area contributed by atoms with Crippen LogP contribution in [0.5, 0.6) is 0 Å². The maximum atomic E-state index is 13.1. The lowest BCUT2D eigenvalue weighted by molar-refractivity contribution is -0.137. The van der Waals surface area contributed by atoms with Gasteiger partial charge in [0, 0.05) is 25.6 Å². The van der Waals surface area contributed by atoms with E-state index in [4.69, 9.17) is 5.11 Å². The van der Waals surface area contributed by atoms with Gasteiger partial charge in [-0.05, 0) is 81.2 Å². The third-order valence-electron chi connectivity index (χ3n) is 6.99. The molecule has 0 radical (unpaired) electrons. The average Bonchev–Trinajstić information content (AvgIpc) is 2.90. The topological polar surface area (TPSA) is 81.2 Å². The summed E-state index contributed by atoms with van der Waals surface area (Å²) in [6.45, 7) is 2.15. The van der Waals surface area contributed by atoms with Crippen molar-refractivity contribution in [2.75, 3.05) is 31.6 Å². The van der Waals surface area contributed by atoms with E-state index in [0.29, 0.717) is 18.0 Å². The minimum Gasteiger partial charge on any atom is -0.481 e. The molecule has 170 valence electrons. The van der Waals surface area contributed by atoms with Crippen LogP contribution in [0.4, 0.5) is 10.5 Å². The van der Waals surface area contributed by atoms with E-state index in [2.05, 4.69) is 18.0 Å². The Hall–Kier alpha value is -2.12. The van der Waals surface area contributed by atoms with Gasteiger partial charge in [-0.1, -0.05) is 6.07 Å². The van der Waals surface area contributed by atoms with E-state index in [1.165, 1.54) is 16.0 Å². The van der Waals surface area contributed by atoms with Gasteiger partial charge in [0.15, 0.2) is 0 Å². The van der Waals surface area contributed by atoms with Gasteiger partial charge >= 0.3 is 12.0 Å². The monoisotopic (exact) mass is 449 g/mol. The fourth-order valence-electron chi connectivity index (χ4n) is 5.09. The number of rotatable bonds is 5. The number of hydrogen-bond acceptors (Lipinski definition) is 4. The molecule has 3 amide bonds. The van der Waals surface area contributed by atoms with Crippen LogP contribution in [0.3, 0.4) is 0 Å². The number of aliphatic carboxylic acids is 1. The summed E-state index contributed by atoms with van der Waals surface area (Å²) in [5.74, 6) is -0.497. The summed E-state index contributed by atoms with van der Waals surface area (Å²) in [5.41, 5.74) is 3.22. The van der Waals surface area contributed by atoms with Gasteiger partial charge in [-0.15, -0.1) is 12.4 Å². The second-order valence-electron chi connectivity index (χ2n) is 9.00. The third kappa shape index (κ3) is 5.21. The van der Waals surface area contributed by atoms with Gasteiger partial charge in [0.1, 0.15) is 6.54 Å². The highest BCUT2D eigenvalue weighted by Crippen LogP contribution is 2.34. The first-order chi connectivity index (χ1) is 14.4. The quantitative estimate of drug-likeness (QED) is 0.697. The summed E-state index contributed by atoms with van der Waals surface area (Å²) >= 11 is 0. The molecule has 2 fully saturated rings. The van der Waals surface area contributed by atoms with Crippen molar-refractivity contribution in [3.05, 3.63) is 29.3 Å². The Balaban J connectivity index is 0.00000272. The van der Waals surface area contributed by atoms with Crippen LogP contribution in [0, 0.1) is 5.92 Å². The molecule has 8 heteroatoms. The number of benzene rings is 1. The standard InChI is InChI=1S/C23H31N3O4.ClH/c1-24-12-10-17-5-8-20(14-18(17)11-13-24)26-21(27)15-25(23(26)30)19-6-2-16(3-7-19)4-9-22(28)29;/h5,8,14,16,19H,2-4,6-7,9-13,15H2,1H3,(H,28,29);1H/t16-,19-;. The Morgan fingerprint density at radius 1 is 1.06 bits per heavy atom. The summed E-state index contributed by atoms with van der Waals surface area (Å²) in [7, 11) is 2.12. The molecule has 7 nitrogen and oxygen atoms in total. The smallest absolute Gasteiger partial charge is 0.332 e. The van der Waals surface area contributed by atoms with Gasteiger partial charge in [0.05, 0.1) is 5.69 Å². The number of imide groups is 1. The molecule has 4 rings (SSSR count). The van der Waals surface area contributed by atoms with Crippen molar-refractivity contribution < 1.29 is 19.5 Å². The Morgan fingerprint density at radius 2 is 1.74 bits per heavy atom. The first kappa shape index (κ1) is 23.5. The van der Waals surface area contributed by atoms with Crippen molar-refractivity contribution >= 4 is 36.0 Å². The number of halogens is 1. The van der Waals surface area contributed by atoms with Crippen LogP contribution in [-0.4, -0.2) is 65.5 Å². The molecule has 0 aromatic heterocycles. The molecule has 1 aliphatic carbocycles. The van der Waals surface area contributed by atoms with Crippen LogP contribution in [0.1, 0.15) is 49.7 Å². The molecule has 2 aliphatic heterocycles. The minimum absolute atomic E-state index is 0. The zero-order valence-corrected chi connectivity index (χ0v) is 18.9. The molecular formula is C23H32ClN3O4. The number of carbonyl (C=O) groups is 3. The fraction of sp³-hybridized carbons (Fsp3) is 0.609. The second kappa shape index (κ2) is 10.0. The molecule has 1 saturated heterocycles. The summed E-state index contributed by atoms with van der Waals surface area (Å²) in [6.07, 6.45) is 6.35. The van der Waals surface area contributed by atoms with Crippen molar-refractivity contribution in [3.8, 4) is 0 Å². The predicted octanol–water partition coefficient (Wildman–Crippen LogP) is 3.33. The van der Waals surface area contributed by atoms with E-state index in [9.17, 15) is 14.4 Å². The molecular weight excluding hydrogens is 418 g/mol. The minimum atomic E-state index is -0.750. The summed E-state index contributed by atoms with van der Waals surface area (Å²) < 4.78 is 0. The van der Waals surface area contributed by atoms with Gasteiger partial charge in [-0.2, -0.15) is 0 Å². The van der Waals surface area contributed by atoms with Crippen LogP contribution in [0.25, 0.3) is 0 Å². The fourth-order valence-corrected chi connectivity index (χ4v) is 5.09. The summed E-state index contributed by atoms with van der Waals surface area (Å²) in [4.78, 5) is 42.1. The molecule has 1 aromatic rings. The third-order valence-corrected chi connectivity index (χ3v) is 6.99. The Labute approximate surface area is 189 Å². The number of fused-ring (bicyclic) bond motifs is 1. The molecule has 0 unspecified atom stereocenters. The van der Waals surface area contributed by atoms with Gasteiger partial charge in [0.2, 0.25) is 0 Å². The number of likely N-dealkylation sites (N-methyl/N-ethyl adjacent to an activating group) is 1. The molecule has 2 heterocycles. The predicted molar refractivity (Wildman–Crippen MR) is 121 cm³/mol. The van der Waals surface area contributed by atoms with E-state index >= 15 is 0 Å². The molecule has 1 saturated carbocycles. The average molecular weight is 450 g/mol. The Kier molecular flexibility index (Phi) is 7.59. The maximum Gasteiger partial charge on any atom is 0.332 e. The number of hydrogen-bond donors (Lipinski definition) is 1. The highest BCUT2D eigenvalue weighted by atomic mass is 35.5. The van der Waals surface area contributed by atoms with Gasteiger partial charge in [-0.25, -0.2) is 9.69 Å². The van der Waals surface area contributed by atoms with Crippen LogP contribution < -0.4 is 4.90 Å². The number of nitrogens with zero attached hydrogens (tertiary/aromatic N) is 3. The summed E-state index contributed by atoms with van der Waals surface area (Å²) in [5, 5.41) is 8.87.